The van der Waals surface area contributed by atoms with Gasteiger partial charge in [0, 0.05) is 5.56 Å². The van der Waals surface area contributed by atoms with Crippen molar-refractivity contribution in [1.29, 1.82) is 0 Å². The minimum Gasteiger partial charge on any atom is -0.465 e. The summed E-state index contributed by atoms with van der Waals surface area (Å²) in [6, 6.07) is 7.43. The SMILES string of the molecule is C/C=C(\C(=O)OC)c1c(C)cccc1On1ccc(C)n1. The van der Waals surface area contributed by atoms with E-state index in [1.54, 1.807) is 25.3 Å². The van der Waals surface area contributed by atoms with Gasteiger partial charge >= 0.3 is 5.97 Å². The Balaban J connectivity index is 2.47. The molecule has 0 saturated carbocycles. The average Bonchev–Trinajstić information content (AvgIpc) is 2.87. The van der Waals surface area contributed by atoms with Crippen molar-refractivity contribution >= 4 is 11.5 Å². The van der Waals surface area contributed by atoms with Crippen molar-refractivity contribution < 1.29 is 14.4 Å². The Hall–Kier alpha value is -2.56. The van der Waals surface area contributed by atoms with Gasteiger partial charge in [0.05, 0.1) is 24.6 Å². The van der Waals surface area contributed by atoms with E-state index in [1.807, 2.05) is 32.0 Å². The van der Waals surface area contributed by atoms with Crippen LogP contribution in [0.3, 0.4) is 0 Å². The Kier molecular flexibility index (Phi) is 4.42. The number of esters is 1. The zero-order valence-corrected chi connectivity index (χ0v) is 12.6. The van der Waals surface area contributed by atoms with Gasteiger partial charge in [0.2, 0.25) is 0 Å². The third-order valence-corrected chi connectivity index (χ3v) is 3.09. The molecule has 21 heavy (non-hydrogen) atoms. The number of carbonyl (C=O) groups is 1. The molecule has 5 heteroatoms. The molecular formula is C16H18N2O3. The molecule has 0 N–H and O–H groups in total. The first-order valence-electron chi connectivity index (χ1n) is 6.62. The number of aryl methyl sites for hydroxylation is 2. The van der Waals surface area contributed by atoms with Gasteiger partial charge in [-0.2, -0.15) is 0 Å². The Bertz CT molecular complexity index is 687. The molecule has 0 bridgehead atoms. The summed E-state index contributed by atoms with van der Waals surface area (Å²) in [5, 5.41) is 4.19. The van der Waals surface area contributed by atoms with Crippen molar-refractivity contribution in [3.8, 4) is 5.75 Å². The Morgan fingerprint density at radius 2 is 2.05 bits per heavy atom. The average molecular weight is 286 g/mol. The molecule has 0 radical (unpaired) electrons. The van der Waals surface area contributed by atoms with Crippen LogP contribution in [-0.2, 0) is 9.53 Å². The van der Waals surface area contributed by atoms with E-state index in [0.717, 1.165) is 11.3 Å². The number of hydrogen-bond acceptors (Lipinski definition) is 4. The van der Waals surface area contributed by atoms with Crippen molar-refractivity contribution in [1.82, 2.24) is 9.94 Å². The topological polar surface area (TPSA) is 53.4 Å². The first kappa shape index (κ1) is 14.8. The molecule has 5 nitrogen and oxygen atoms in total. The van der Waals surface area contributed by atoms with Crippen molar-refractivity contribution in [3.05, 3.63) is 53.4 Å². The lowest BCUT2D eigenvalue weighted by Crippen LogP contribution is -2.11. The lowest BCUT2D eigenvalue weighted by molar-refractivity contribution is -0.133. The first-order valence-corrected chi connectivity index (χ1v) is 6.62. The van der Waals surface area contributed by atoms with Gasteiger partial charge in [0.25, 0.3) is 0 Å². The fourth-order valence-corrected chi connectivity index (χ4v) is 2.08. The highest BCUT2D eigenvalue weighted by Crippen LogP contribution is 2.30. The minimum absolute atomic E-state index is 0.395. The maximum atomic E-state index is 11.9. The molecule has 0 fully saturated rings. The zero-order valence-electron chi connectivity index (χ0n) is 12.6. The van der Waals surface area contributed by atoms with Crippen LogP contribution in [0.2, 0.25) is 0 Å². The number of ether oxygens (including phenoxy) is 1. The van der Waals surface area contributed by atoms with E-state index in [9.17, 15) is 4.79 Å². The smallest absolute Gasteiger partial charge is 0.338 e. The van der Waals surface area contributed by atoms with Crippen LogP contribution in [0.5, 0.6) is 5.75 Å². The fraction of sp³-hybridized carbons (Fsp3) is 0.250. The summed E-state index contributed by atoms with van der Waals surface area (Å²) in [6.45, 7) is 5.59. The van der Waals surface area contributed by atoms with Crippen LogP contribution in [-0.4, -0.2) is 23.0 Å². The van der Waals surface area contributed by atoms with E-state index < -0.39 is 5.97 Å². The van der Waals surface area contributed by atoms with Gasteiger partial charge in [-0.1, -0.05) is 18.2 Å². The van der Waals surface area contributed by atoms with Crippen molar-refractivity contribution in [2.24, 2.45) is 0 Å². The second kappa shape index (κ2) is 6.26. The lowest BCUT2D eigenvalue weighted by atomic mass is 9.99. The molecule has 1 aromatic carbocycles. The monoisotopic (exact) mass is 286 g/mol. The highest BCUT2D eigenvalue weighted by Gasteiger charge is 2.19. The van der Waals surface area contributed by atoms with Gasteiger partial charge in [-0.05, 0) is 38.5 Å². The van der Waals surface area contributed by atoms with Gasteiger partial charge in [0.15, 0.2) is 5.75 Å². The number of rotatable bonds is 4. The molecule has 1 heterocycles. The fourth-order valence-electron chi connectivity index (χ4n) is 2.08. The van der Waals surface area contributed by atoms with Crippen molar-refractivity contribution in [2.75, 3.05) is 7.11 Å². The second-order valence-corrected chi connectivity index (χ2v) is 4.59. The van der Waals surface area contributed by atoms with Gasteiger partial charge < -0.3 is 9.57 Å². The molecule has 0 saturated heterocycles. The molecule has 0 aliphatic carbocycles. The van der Waals surface area contributed by atoms with Crippen LogP contribution in [0, 0.1) is 13.8 Å². The Morgan fingerprint density at radius 3 is 2.62 bits per heavy atom. The number of allylic oxidation sites excluding steroid dienone is 1. The van der Waals surface area contributed by atoms with Gasteiger partial charge in [-0.25, -0.2) is 4.79 Å². The second-order valence-electron chi connectivity index (χ2n) is 4.59. The molecule has 0 amide bonds. The molecular weight excluding hydrogens is 268 g/mol. The molecule has 0 unspecified atom stereocenters. The molecule has 0 aliphatic heterocycles. The van der Waals surface area contributed by atoms with Crippen LogP contribution in [0.4, 0.5) is 0 Å². The highest BCUT2D eigenvalue weighted by atomic mass is 16.7. The van der Waals surface area contributed by atoms with Crippen LogP contribution < -0.4 is 4.84 Å². The predicted molar refractivity (Wildman–Crippen MR) is 79.8 cm³/mol. The van der Waals surface area contributed by atoms with Gasteiger partial charge in [-0.15, -0.1) is 9.94 Å². The number of aromatic nitrogens is 2. The molecule has 1 aromatic heterocycles. The highest BCUT2D eigenvalue weighted by molar-refractivity contribution is 6.17. The third kappa shape index (κ3) is 3.13. The molecule has 0 spiro atoms. The quantitative estimate of drug-likeness (QED) is 0.640. The summed E-state index contributed by atoms with van der Waals surface area (Å²) >= 11 is 0. The van der Waals surface area contributed by atoms with E-state index in [2.05, 4.69) is 5.10 Å². The molecule has 0 aliphatic rings. The largest absolute Gasteiger partial charge is 0.465 e. The maximum Gasteiger partial charge on any atom is 0.338 e. The van der Waals surface area contributed by atoms with Crippen LogP contribution >= 0.6 is 0 Å². The number of hydrogen-bond donors (Lipinski definition) is 0. The van der Waals surface area contributed by atoms with E-state index in [4.69, 9.17) is 9.57 Å². The summed E-state index contributed by atoms with van der Waals surface area (Å²) in [4.78, 5) is 19.1. The van der Waals surface area contributed by atoms with E-state index in [0.29, 0.717) is 16.9 Å². The standard InChI is InChI=1S/C16H18N2O3/c1-5-13(16(19)20-4)15-11(2)7-6-8-14(15)21-18-10-9-12(3)17-18/h5-10H,1-4H3/b13-5-. The number of benzene rings is 1. The van der Waals surface area contributed by atoms with Crippen LogP contribution in [0.15, 0.2) is 36.5 Å². The first-order chi connectivity index (χ1) is 10.1. The summed E-state index contributed by atoms with van der Waals surface area (Å²) in [7, 11) is 1.36. The molecule has 2 aromatic rings. The van der Waals surface area contributed by atoms with Crippen LogP contribution in [0.1, 0.15) is 23.7 Å². The Labute approximate surface area is 123 Å². The van der Waals surface area contributed by atoms with E-state index in [-0.39, 0.29) is 0 Å². The zero-order chi connectivity index (χ0) is 15.4. The summed E-state index contributed by atoms with van der Waals surface area (Å²) in [5.41, 5.74) is 2.95. The number of carbonyl (C=O) groups excluding carboxylic acids is 1. The molecule has 2 rings (SSSR count). The van der Waals surface area contributed by atoms with Crippen molar-refractivity contribution in [2.45, 2.75) is 20.8 Å². The normalized spacial score (nSPS) is 11.3. The summed E-state index contributed by atoms with van der Waals surface area (Å²) in [6.07, 6.45) is 3.43. The lowest BCUT2D eigenvalue weighted by Gasteiger charge is -2.14. The predicted octanol–water partition coefficient (Wildman–Crippen LogP) is 2.92. The minimum atomic E-state index is -0.395. The van der Waals surface area contributed by atoms with Crippen molar-refractivity contribution in [3.63, 3.8) is 0 Å². The summed E-state index contributed by atoms with van der Waals surface area (Å²) in [5.74, 6) is 0.157. The van der Waals surface area contributed by atoms with Gasteiger partial charge in [-0.3, -0.25) is 0 Å². The van der Waals surface area contributed by atoms with Gasteiger partial charge in [0.1, 0.15) is 0 Å². The summed E-state index contributed by atoms with van der Waals surface area (Å²) < 4.78 is 4.84. The molecule has 0 atom stereocenters. The maximum absolute atomic E-state index is 11.9. The molecule has 110 valence electrons. The van der Waals surface area contributed by atoms with E-state index >= 15 is 0 Å². The Morgan fingerprint density at radius 1 is 1.29 bits per heavy atom. The number of nitrogens with zero attached hydrogens (tertiary/aromatic N) is 2. The number of methoxy groups -OCH3 is 1. The van der Waals surface area contributed by atoms with Crippen LogP contribution in [0.25, 0.3) is 5.57 Å². The van der Waals surface area contributed by atoms with E-state index in [1.165, 1.54) is 12.0 Å². The third-order valence-electron chi connectivity index (χ3n) is 3.09.